The van der Waals surface area contributed by atoms with Crippen LogP contribution in [-0.2, 0) is 11.2 Å². The third kappa shape index (κ3) is 2.96. The van der Waals surface area contributed by atoms with Crippen molar-refractivity contribution in [2.45, 2.75) is 32.8 Å². The van der Waals surface area contributed by atoms with E-state index in [1.54, 1.807) is 14.2 Å². The van der Waals surface area contributed by atoms with E-state index in [-0.39, 0.29) is 6.10 Å². The normalized spacial score (nSPS) is 12.5. The molecule has 84 valence electrons. The van der Waals surface area contributed by atoms with Gasteiger partial charge in [0.15, 0.2) is 0 Å². The highest BCUT2D eigenvalue weighted by Crippen LogP contribution is 2.26. The second-order valence-electron chi connectivity index (χ2n) is 3.70. The number of methoxy groups -OCH3 is 2. The Bertz CT molecular complexity index is 307. The molecule has 1 aromatic carbocycles. The quantitative estimate of drug-likeness (QED) is 0.738. The molecule has 0 spiro atoms. The maximum Gasteiger partial charge on any atom is 0.122 e. The van der Waals surface area contributed by atoms with Crippen molar-refractivity contribution in [1.82, 2.24) is 0 Å². The predicted molar refractivity (Wildman–Crippen MR) is 62.4 cm³/mol. The summed E-state index contributed by atoms with van der Waals surface area (Å²) in [6.07, 6.45) is 2.31. The molecule has 0 aliphatic rings. The van der Waals surface area contributed by atoms with Crippen LogP contribution in [0.2, 0.25) is 0 Å². The molecule has 0 bridgehead atoms. The lowest BCUT2D eigenvalue weighted by Crippen LogP contribution is -1.99. The molecule has 1 aromatic rings. The first-order valence-corrected chi connectivity index (χ1v) is 5.42. The minimum absolute atomic E-state index is 0.120. The average Bonchev–Trinajstić information content (AvgIpc) is 2.29. The Morgan fingerprint density at radius 3 is 2.53 bits per heavy atom. The van der Waals surface area contributed by atoms with Crippen molar-refractivity contribution in [1.29, 1.82) is 0 Å². The van der Waals surface area contributed by atoms with Crippen molar-refractivity contribution >= 4 is 0 Å². The molecule has 0 saturated carbocycles. The maximum atomic E-state index is 5.38. The van der Waals surface area contributed by atoms with E-state index >= 15 is 0 Å². The number of benzene rings is 1. The summed E-state index contributed by atoms with van der Waals surface area (Å²) in [4.78, 5) is 0. The minimum Gasteiger partial charge on any atom is -0.496 e. The molecule has 2 nitrogen and oxygen atoms in total. The van der Waals surface area contributed by atoms with E-state index in [0.717, 1.165) is 24.2 Å². The smallest absolute Gasteiger partial charge is 0.122 e. The number of hydrogen-bond acceptors (Lipinski definition) is 2. The highest BCUT2D eigenvalue weighted by molar-refractivity contribution is 5.38. The second-order valence-corrected chi connectivity index (χ2v) is 3.70. The fourth-order valence-electron chi connectivity index (χ4n) is 1.63. The van der Waals surface area contributed by atoms with Crippen LogP contribution in [0.5, 0.6) is 5.75 Å². The Kier molecular flexibility index (Phi) is 4.63. The molecule has 1 atom stereocenters. The molecule has 0 radical (unpaired) electrons. The lowest BCUT2D eigenvalue weighted by Gasteiger charge is -2.13. The average molecular weight is 208 g/mol. The summed E-state index contributed by atoms with van der Waals surface area (Å²) in [6.45, 7) is 4.21. The standard InChI is InChI=1S/C13H20O2/c1-5-6-11-7-8-12(10(2)14-3)9-13(11)15-4/h7-10H,5-6H2,1-4H3. The van der Waals surface area contributed by atoms with Crippen LogP contribution in [0.25, 0.3) is 0 Å². The Labute approximate surface area is 92.2 Å². The first-order chi connectivity index (χ1) is 7.22. The van der Waals surface area contributed by atoms with Gasteiger partial charge in [-0.05, 0) is 30.5 Å². The lowest BCUT2D eigenvalue weighted by molar-refractivity contribution is 0.119. The monoisotopic (exact) mass is 208 g/mol. The summed E-state index contributed by atoms with van der Waals surface area (Å²) in [5.74, 6) is 0.971. The second kappa shape index (κ2) is 5.76. The zero-order valence-electron chi connectivity index (χ0n) is 10.0. The number of aryl methyl sites for hydroxylation is 1. The van der Waals surface area contributed by atoms with Crippen LogP contribution < -0.4 is 4.74 Å². The van der Waals surface area contributed by atoms with Gasteiger partial charge in [0.25, 0.3) is 0 Å². The van der Waals surface area contributed by atoms with Gasteiger partial charge in [0.05, 0.1) is 13.2 Å². The van der Waals surface area contributed by atoms with Crippen LogP contribution in [0.4, 0.5) is 0 Å². The Morgan fingerprint density at radius 1 is 1.27 bits per heavy atom. The zero-order valence-corrected chi connectivity index (χ0v) is 10.0. The predicted octanol–water partition coefficient (Wildman–Crippen LogP) is 3.36. The van der Waals surface area contributed by atoms with E-state index in [1.807, 2.05) is 6.92 Å². The van der Waals surface area contributed by atoms with Gasteiger partial charge in [0.2, 0.25) is 0 Å². The maximum absolute atomic E-state index is 5.38. The first-order valence-electron chi connectivity index (χ1n) is 5.42. The van der Waals surface area contributed by atoms with Gasteiger partial charge >= 0.3 is 0 Å². The van der Waals surface area contributed by atoms with Crippen molar-refractivity contribution in [3.05, 3.63) is 29.3 Å². The van der Waals surface area contributed by atoms with E-state index in [9.17, 15) is 0 Å². The van der Waals surface area contributed by atoms with Crippen molar-refractivity contribution < 1.29 is 9.47 Å². The molecule has 0 heterocycles. The molecule has 0 aromatic heterocycles. The zero-order chi connectivity index (χ0) is 11.3. The SMILES string of the molecule is CCCc1ccc(C(C)OC)cc1OC. The van der Waals surface area contributed by atoms with Crippen molar-refractivity contribution in [3.63, 3.8) is 0 Å². The molecule has 1 rings (SSSR count). The number of hydrogen-bond donors (Lipinski definition) is 0. The Morgan fingerprint density at radius 2 is 2.00 bits per heavy atom. The topological polar surface area (TPSA) is 18.5 Å². The van der Waals surface area contributed by atoms with Gasteiger partial charge in [-0.25, -0.2) is 0 Å². The largest absolute Gasteiger partial charge is 0.496 e. The molecule has 2 heteroatoms. The van der Waals surface area contributed by atoms with Gasteiger partial charge in [-0.15, -0.1) is 0 Å². The van der Waals surface area contributed by atoms with Gasteiger partial charge in [-0.1, -0.05) is 25.5 Å². The van der Waals surface area contributed by atoms with Gasteiger partial charge in [0, 0.05) is 7.11 Å². The van der Waals surface area contributed by atoms with Gasteiger partial charge in [0.1, 0.15) is 5.75 Å². The minimum atomic E-state index is 0.120. The molecule has 0 amide bonds. The fourth-order valence-corrected chi connectivity index (χ4v) is 1.63. The van der Waals surface area contributed by atoms with E-state index in [4.69, 9.17) is 9.47 Å². The van der Waals surface area contributed by atoms with Crippen LogP contribution in [0, 0.1) is 0 Å². The van der Waals surface area contributed by atoms with Gasteiger partial charge < -0.3 is 9.47 Å². The molecule has 0 aliphatic heterocycles. The summed E-state index contributed by atoms with van der Waals surface area (Å²) in [7, 11) is 3.44. The van der Waals surface area contributed by atoms with Crippen LogP contribution in [0.15, 0.2) is 18.2 Å². The lowest BCUT2D eigenvalue weighted by atomic mass is 10.0. The van der Waals surface area contributed by atoms with Crippen LogP contribution in [0.3, 0.4) is 0 Å². The first kappa shape index (κ1) is 12.1. The highest BCUT2D eigenvalue weighted by Gasteiger charge is 2.08. The van der Waals surface area contributed by atoms with E-state index in [0.29, 0.717) is 0 Å². The van der Waals surface area contributed by atoms with Crippen LogP contribution in [0.1, 0.15) is 37.5 Å². The van der Waals surface area contributed by atoms with E-state index in [2.05, 4.69) is 25.1 Å². The summed E-state index contributed by atoms with van der Waals surface area (Å²) in [5, 5.41) is 0. The Hall–Kier alpha value is -1.02. The molecule has 15 heavy (non-hydrogen) atoms. The molecule has 0 fully saturated rings. The fraction of sp³-hybridized carbons (Fsp3) is 0.538. The number of ether oxygens (including phenoxy) is 2. The highest BCUT2D eigenvalue weighted by atomic mass is 16.5. The van der Waals surface area contributed by atoms with Crippen LogP contribution >= 0.6 is 0 Å². The van der Waals surface area contributed by atoms with Gasteiger partial charge in [-0.3, -0.25) is 0 Å². The third-order valence-corrected chi connectivity index (χ3v) is 2.65. The summed E-state index contributed by atoms with van der Waals surface area (Å²) < 4.78 is 10.7. The van der Waals surface area contributed by atoms with Crippen molar-refractivity contribution in [2.24, 2.45) is 0 Å². The summed E-state index contributed by atoms with van der Waals surface area (Å²) in [6, 6.07) is 6.31. The van der Waals surface area contributed by atoms with Crippen molar-refractivity contribution in [3.8, 4) is 5.75 Å². The molecule has 0 N–H and O–H groups in total. The van der Waals surface area contributed by atoms with Crippen LogP contribution in [-0.4, -0.2) is 14.2 Å². The van der Waals surface area contributed by atoms with Crippen molar-refractivity contribution in [2.75, 3.05) is 14.2 Å². The Balaban J connectivity index is 2.96. The molecule has 1 unspecified atom stereocenters. The van der Waals surface area contributed by atoms with Gasteiger partial charge in [-0.2, -0.15) is 0 Å². The van der Waals surface area contributed by atoms with E-state index in [1.165, 1.54) is 5.56 Å². The summed E-state index contributed by atoms with van der Waals surface area (Å²) in [5.41, 5.74) is 2.43. The molecular formula is C13H20O2. The molecule has 0 saturated heterocycles. The number of rotatable bonds is 5. The molecular weight excluding hydrogens is 188 g/mol. The third-order valence-electron chi connectivity index (χ3n) is 2.65. The molecule has 0 aliphatic carbocycles. The van der Waals surface area contributed by atoms with E-state index < -0.39 is 0 Å². The summed E-state index contributed by atoms with van der Waals surface area (Å²) >= 11 is 0.